The Morgan fingerprint density at radius 1 is 1.33 bits per heavy atom. The third-order valence-corrected chi connectivity index (χ3v) is 4.23. The molecule has 1 heterocycles. The van der Waals surface area contributed by atoms with E-state index in [0.29, 0.717) is 24.4 Å². The Kier molecular flexibility index (Phi) is 4.11. The first-order valence-electron chi connectivity index (χ1n) is 7.60. The van der Waals surface area contributed by atoms with Crippen LogP contribution in [-0.2, 0) is 17.5 Å². The number of benzene rings is 1. The fourth-order valence-electron chi connectivity index (χ4n) is 2.85. The molecule has 1 aliphatic carbocycles. The van der Waals surface area contributed by atoms with E-state index in [0.717, 1.165) is 17.7 Å². The lowest BCUT2D eigenvalue weighted by atomic mass is 10.1. The van der Waals surface area contributed by atoms with Crippen LogP contribution < -0.4 is 0 Å². The van der Waals surface area contributed by atoms with E-state index in [1.165, 1.54) is 12.1 Å². The van der Waals surface area contributed by atoms with Gasteiger partial charge < -0.3 is 9.42 Å². The summed E-state index contributed by atoms with van der Waals surface area (Å²) >= 11 is 0. The van der Waals surface area contributed by atoms with E-state index in [1.807, 2.05) is 0 Å². The van der Waals surface area contributed by atoms with E-state index < -0.39 is 11.7 Å². The second-order valence-electron chi connectivity index (χ2n) is 6.19. The molecule has 1 aliphatic rings. The molecule has 24 heavy (non-hydrogen) atoms. The van der Waals surface area contributed by atoms with Gasteiger partial charge in [0.2, 0.25) is 5.91 Å². The molecule has 0 aliphatic heterocycles. The van der Waals surface area contributed by atoms with Crippen LogP contribution in [0.5, 0.6) is 0 Å². The molecule has 2 aromatic rings. The number of nitrogens with zero attached hydrogens (tertiary/aromatic N) is 2. The molecule has 1 amide bonds. The quantitative estimate of drug-likeness (QED) is 0.853. The number of aromatic nitrogens is 1. The molecule has 0 radical (unpaired) electrons. The molecule has 1 saturated carbocycles. The number of alkyl halides is 3. The number of hydrogen-bond acceptors (Lipinski definition) is 3. The van der Waals surface area contributed by atoms with Gasteiger partial charge >= 0.3 is 6.18 Å². The van der Waals surface area contributed by atoms with Crippen molar-refractivity contribution in [1.29, 1.82) is 0 Å². The first kappa shape index (κ1) is 16.5. The van der Waals surface area contributed by atoms with Crippen LogP contribution in [-0.4, -0.2) is 23.0 Å². The predicted octanol–water partition coefficient (Wildman–Crippen LogP) is 3.76. The van der Waals surface area contributed by atoms with Crippen LogP contribution >= 0.6 is 0 Å². The molecule has 0 saturated heterocycles. The van der Waals surface area contributed by atoms with Crippen molar-refractivity contribution in [2.45, 2.75) is 32.0 Å². The van der Waals surface area contributed by atoms with Crippen molar-refractivity contribution in [3.05, 3.63) is 52.9 Å². The Morgan fingerprint density at radius 2 is 2.00 bits per heavy atom. The maximum Gasteiger partial charge on any atom is 0.416 e. The van der Waals surface area contributed by atoms with E-state index in [1.54, 1.807) is 24.9 Å². The highest BCUT2D eigenvalue weighted by Gasteiger charge is 2.45. The second-order valence-corrected chi connectivity index (χ2v) is 6.19. The Balaban J connectivity index is 1.61. The molecule has 0 spiro atoms. The van der Waals surface area contributed by atoms with Crippen LogP contribution in [0.2, 0.25) is 0 Å². The molecule has 0 N–H and O–H groups in total. The summed E-state index contributed by atoms with van der Waals surface area (Å²) in [7, 11) is 1.69. The highest BCUT2D eigenvalue weighted by Crippen LogP contribution is 2.48. The van der Waals surface area contributed by atoms with Crippen LogP contribution in [0.3, 0.4) is 0 Å². The molecule has 128 valence electrons. The summed E-state index contributed by atoms with van der Waals surface area (Å²) in [5, 5.41) is 3.85. The van der Waals surface area contributed by atoms with Gasteiger partial charge in [0.05, 0.1) is 12.1 Å². The van der Waals surface area contributed by atoms with Crippen LogP contribution in [0.15, 0.2) is 34.9 Å². The minimum Gasteiger partial charge on any atom is -0.361 e. The van der Waals surface area contributed by atoms with Crippen molar-refractivity contribution in [3.63, 3.8) is 0 Å². The first-order chi connectivity index (χ1) is 11.3. The van der Waals surface area contributed by atoms with Crippen LogP contribution in [0.4, 0.5) is 13.2 Å². The predicted molar refractivity (Wildman–Crippen MR) is 80.0 cm³/mol. The van der Waals surface area contributed by atoms with Crippen LogP contribution in [0.1, 0.15) is 34.9 Å². The van der Waals surface area contributed by atoms with Gasteiger partial charge in [0.15, 0.2) is 0 Å². The minimum absolute atomic E-state index is 0.0127. The Bertz CT molecular complexity index is 737. The van der Waals surface area contributed by atoms with Crippen molar-refractivity contribution < 1.29 is 22.5 Å². The van der Waals surface area contributed by atoms with Crippen LogP contribution in [0.25, 0.3) is 0 Å². The third kappa shape index (κ3) is 3.44. The zero-order chi connectivity index (χ0) is 17.5. The normalized spacial score (nSPS) is 20.0. The number of rotatable bonds is 4. The topological polar surface area (TPSA) is 46.3 Å². The molecular formula is C17H17F3N2O2. The Labute approximate surface area is 137 Å². The molecule has 2 atom stereocenters. The van der Waals surface area contributed by atoms with Gasteiger partial charge in [0, 0.05) is 19.0 Å². The van der Waals surface area contributed by atoms with E-state index in [9.17, 15) is 18.0 Å². The molecule has 1 aromatic heterocycles. The molecule has 0 unspecified atom stereocenters. The fraction of sp³-hybridized carbons (Fsp3) is 0.412. The smallest absolute Gasteiger partial charge is 0.361 e. The van der Waals surface area contributed by atoms with Gasteiger partial charge in [-0.3, -0.25) is 4.79 Å². The summed E-state index contributed by atoms with van der Waals surface area (Å²) in [6.07, 6.45) is -3.68. The van der Waals surface area contributed by atoms with E-state index >= 15 is 0 Å². The molecular weight excluding hydrogens is 321 g/mol. The number of carbonyl (C=O) groups is 1. The summed E-state index contributed by atoms with van der Waals surface area (Å²) in [6, 6.07) is 6.82. The average Bonchev–Trinajstić information content (AvgIpc) is 3.22. The Morgan fingerprint density at radius 3 is 2.54 bits per heavy atom. The lowest BCUT2D eigenvalue weighted by molar-refractivity contribution is -0.137. The zero-order valence-corrected chi connectivity index (χ0v) is 13.3. The maximum atomic E-state index is 12.6. The van der Waals surface area contributed by atoms with Gasteiger partial charge in [-0.1, -0.05) is 17.3 Å². The summed E-state index contributed by atoms with van der Waals surface area (Å²) < 4.78 is 42.7. The largest absolute Gasteiger partial charge is 0.416 e. The van der Waals surface area contributed by atoms with E-state index in [-0.39, 0.29) is 17.7 Å². The van der Waals surface area contributed by atoms with Gasteiger partial charge in [0.1, 0.15) is 11.5 Å². The number of amides is 1. The maximum absolute atomic E-state index is 12.6. The second kappa shape index (κ2) is 5.96. The summed E-state index contributed by atoms with van der Waals surface area (Å²) in [6.45, 7) is 2.13. The summed E-state index contributed by atoms with van der Waals surface area (Å²) in [4.78, 5) is 14.0. The van der Waals surface area contributed by atoms with E-state index in [4.69, 9.17) is 4.52 Å². The molecule has 1 fully saturated rings. The minimum atomic E-state index is -4.34. The fourth-order valence-corrected chi connectivity index (χ4v) is 2.85. The number of hydrogen-bond donors (Lipinski definition) is 0. The average molecular weight is 338 g/mol. The van der Waals surface area contributed by atoms with Crippen molar-refractivity contribution in [3.8, 4) is 0 Å². The van der Waals surface area contributed by atoms with Crippen molar-refractivity contribution in [2.75, 3.05) is 7.05 Å². The summed E-state index contributed by atoms with van der Waals surface area (Å²) in [5.41, 5.74) is 0.774. The molecule has 4 nitrogen and oxygen atoms in total. The third-order valence-electron chi connectivity index (χ3n) is 4.23. The number of aryl methyl sites for hydroxylation is 1. The molecule has 7 heteroatoms. The van der Waals surface area contributed by atoms with Crippen molar-refractivity contribution in [2.24, 2.45) is 5.92 Å². The van der Waals surface area contributed by atoms with Crippen molar-refractivity contribution >= 4 is 5.91 Å². The van der Waals surface area contributed by atoms with Gasteiger partial charge in [-0.15, -0.1) is 0 Å². The van der Waals surface area contributed by atoms with Gasteiger partial charge in [-0.2, -0.15) is 13.2 Å². The lowest BCUT2D eigenvalue weighted by Crippen LogP contribution is -2.28. The number of carbonyl (C=O) groups excluding carboxylic acids is 1. The van der Waals surface area contributed by atoms with Crippen LogP contribution in [0, 0.1) is 12.8 Å². The monoisotopic (exact) mass is 338 g/mol. The lowest BCUT2D eigenvalue weighted by Gasteiger charge is -2.15. The molecule has 3 rings (SSSR count). The first-order valence-corrected chi connectivity index (χ1v) is 7.60. The van der Waals surface area contributed by atoms with E-state index in [2.05, 4.69) is 5.16 Å². The highest BCUT2D eigenvalue weighted by molar-refractivity contribution is 5.82. The highest BCUT2D eigenvalue weighted by atomic mass is 19.4. The van der Waals surface area contributed by atoms with Gasteiger partial charge in [0.25, 0.3) is 0 Å². The van der Waals surface area contributed by atoms with Gasteiger partial charge in [-0.05, 0) is 37.0 Å². The standard InChI is InChI=1S/C17H17F3N2O2/c1-10-7-13(21-24-10)9-22(2)16(23)15-8-14(15)11-3-5-12(6-4-11)17(18,19)20/h3-7,14-15H,8-9H2,1-2H3/t14-,15+/m0/s1. The summed E-state index contributed by atoms with van der Waals surface area (Å²) in [5.74, 6) is 0.460. The van der Waals surface area contributed by atoms with Crippen molar-refractivity contribution in [1.82, 2.24) is 10.1 Å². The molecule has 0 bridgehead atoms. The number of halogens is 3. The zero-order valence-electron chi connectivity index (χ0n) is 13.3. The van der Waals surface area contributed by atoms with Gasteiger partial charge in [-0.25, -0.2) is 0 Å². The SMILES string of the molecule is Cc1cc(CN(C)C(=O)[C@@H]2C[C@H]2c2ccc(C(F)(F)F)cc2)no1. The molecule has 1 aromatic carbocycles. The Hall–Kier alpha value is -2.31.